The lowest BCUT2D eigenvalue weighted by Crippen LogP contribution is -2.10. The van der Waals surface area contributed by atoms with Crippen LogP contribution in [0, 0.1) is 20.8 Å². The summed E-state index contributed by atoms with van der Waals surface area (Å²) < 4.78 is 4.06. The van der Waals surface area contributed by atoms with Crippen molar-refractivity contribution in [3.8, 4) is 0 Å². The Bertz CT molecular complexity index is 493. The summed E-state index contributed by atoms with van der Waals surface area (Å²) in [5.41, 5.74) is 4.54. The molecule has 0 aliphatic heterocycles. The molecule has 0 spiro atoms. The Hall–Kier alpha value is -1.58. The molecule has 0 aliphatic rings. The van der Waals surface area contributed by atoms with Crippen LogP contribution in [0.15, 0.2) is 12.1 Å². The van der Waals surface area contributed by atoms with Crippen LogP contribution in [-0.2, 0) is 13.1 Å². The first kappa shape index (κ1) is 10.9. The van der Waals surface area contributed by atoms with E-state index in [1.165, 1.54) is 11.4 Å². The van der Waals surface area contributed by atoms with E-state index in [0.717, 1.165) is 24.5 Å². The summed E-state index contributed by atoms with van der Waals surface area (Å²) in [7, 11) is 0. The van der Waals surface area contributed by atoms with Crippen molar-refractivity contribution in [1.29, 1.82) is 0 Å². The maximum atomic E-state index is 4.47. The number of hydrogen-bond donors (Lipinski definition) is 0. The van der Waals surface area contributed by atoms with E-state index < -0.39 is 0 Å². The molecule has 4 heteroatoms. The van der Waals surface area contributed by atoms with Gasteiger partial charge in [0, 0.05) is 12.2 Å². The summed E-state index contributed by atoms with van der Waals surface area (Å²) >= 11 is 0. The molecule has 0 unspecified atom stereocenters. The second kappa shape index (κ2) is 4.12. The molecule has 2 rings (SSSR count). The van der Waals surface area contributed by atoms with Crippen LogP contribution in [-0.4, -0.2) is 19.6 Å². The van der Waals surface area contributed by atoms with Gasteiger partial charge in [0.2, 0.25) is 0 Å². The molecule has 0 atom stereocenters. The Kier molecular flexibility index (Phi) is 2.81. The maximum absolute atomic E-state index is 4.47. The number of nitrogens with zero attached hydrogens (tertiary/aromatic N) is 4. The number of aryl methyl sites for hydroxylation is 4. The Morgan fingerprint density at radius 1 is 1.00 bits per heavy atom. The minimum Gasteiger partial charge on any atom is -0.268 e. The molecular formula is C12H18N4. The second-order valence-corrected chi connectivity index (χ2v) is 4.18. The quantitative estimate of drug-likeness (QED) is 0.790. The predicted octanol–water partition coefficient (Wildman–Crippen LogP) is 2.07. The Morgan fingerprint density at radius 2 is 1.62 bits per heavy atom. The third-order valence-corrected chi connectivity index (χ3v) is 2.70. The van der Waals surface area contributed by atoms with Crippen LogP contribution in [0.5, 0.6) is 0 Å². The highest BCUT2D eigenvalue weighted by molar-refractivity contribution is 5.12. The summed E-state index contributed by atoms with van der Waals surface area (Å²) in [6, 6.07) is 4.22. The first-order chi connectivity index (χ1) is 7.60. The van der Waals surface area contributed by atoms with Crippen LogP contribution in [0.4, 0.5) is 0 Å². The highest BCUT2D eigenvalue weighted by Gasteiger charge is 2.07. The van der Waals surface area contributed by atoms with Gasteiger partial charge < -0.3 is 0 Å². The van der Waals surface area contributed by atoms with Crippen LogP contribution in [0.2, 0.25) is 0 Å². The molecule has 0 saturated heterocycles. The highest BCUT2D eigenvalue weighted by atomic mass is 15.3. The number of aromatic nitrogens is 4. The van der Waals surface area contributed by atoms with Crippen molar-refractivity contribution in [3.63, 3.8) is 0 Å². The van der Waals surface area contributed by atoms with Gasteiger partial charge in [0.25, 0.3) is 0 Å². The first-order valence-corrected chi connectivity index (χ1v) is 5.64. The molecule has 16 heavy (non-hydrogen) atoms. The fourth-order valence-electron chi connectivity index (χ4n) is 1.99. The molecule has 0 bridgehead atoms. The van der Waals surface area contributed by atoms with Crippen molar-refractivity contribution in [2.75, 3.05) is 0 Å². The van der Waals surface area contributed by atoms with Gasteiger partial charge in [-0.25, -0.2) is 0 Å². The Balaban J connectivity index is 2.29. The molecule has 0 aromatic carbocycles. The SMILES string of the molecule is CCn1nc(C)cc1Cn1nc(C)cc1C. The lowest BCUT2D eigenvalue weighted by Gasteiger charge is -2.06. The molecule has 4 nitrogen and oxygen atoms in total. The van der Waals surface area contributed by atoms with Gasteiger partial charge in [-0.3, -0.25) is 9.36 Å². The van der Waals surface area contributed by atoms with Crippen LogP contribution >= 0.6 is 0 Å². The van der Waals surface area contributed by atoms with Gasteiger partial charge in [-0.2, -0.15) is 10.2 Å². The van der Waals surface area contributed by atoms with Gasteiger partial charge in [-0.15, -0.1) is 0 Å². The normalized spacial score (nSPS) is 11.0. The van der Waals surface area contributed by atoms with Gasteiger partial charge in [0.1, 0.15) is 0 Å². The van der Waals surface area contributed by atoms with E-state index >= 15 is 0 Å². The zero-order valence-electron chi connectivity index (χ0n) is 10.4. The Morgan fingerprint density at radius 3 is 2.19 bits per heavy atom. The van der Waals surface area contributed by atoms with Crippen LogP contribution in [0.1, 0.15) is 29.7 Å². The lowest BCUT2D eigenvalue weighted by atomic mass is 10.3. The number of rotatable bonds is 3. The van der Waals surface area contributed by atoms with E-state index in [-0.39, 0.29) is 0 Å². The van der Waals surface area contributed by atoms with Gasteiger partial charge in [0.05, 0.1) is 23.6 Å². The average Bonchev–Trinajstić information content (AvgIpc) is 2.71. The van der Waals surface area contributed by atoms with E-state index in [4.69, 9.17) is 0 Å². The molecule has 2 aromatic heterocycles. The molecule has 2 aromatic rings. The zero-order chi connectivity index (χ0) is 11.7. The highest BCUT2D eigenvalue weighted by Crippen LogP contribution is 2.09. The molecule has 0 aliphatic carbocycles. The van der Waals surface area contributed by atoms with Crippen molar-refractivity contribution < 1.29 is 0 Å². The summed E-state index contributed by atoms with van der Waals surface area (Å²) in [4.78, 5) is 0. The lowest BCUT2D eigenvalue weighted by molar-refractivity contribution is 0.567. The topological polar surface area (TPSA) is 35.6 Å². The molecular weight excluding hydrogens is 200 g/mol. The van der Waals surface area contributed by atoms with Crippen molar-refractivity contribution in [3.05, 3.63) is 34.9 Å². The number of hydrogen-bond acceptors (Lipinski definition) is 2. The van der Waals surface area contributed by atoms with Crippen LogP contribution in [0.3, 0.4) is 0 Å². The minimum absolute atomic E-state index is 0.800. The molecule has 0 N–H and O–H groups in total. The summed E-state index contributed by atoms with van der Waals surface area (Å²) in [6.07, 6.45) is 0. The molecule has 2 heterocycles. The van der Waals surface area contributed by atoms with E-state index in [1.54, 1.807) is 0 Å². The zero-order valence-corrected chi connectivity index (χ0v) is 10.4. The second-order valence-electron chi connectivity index (χ2n) is 4.18. The Labute approximate surface area is 95.9 Å². The summed E-state index contributed by atoms with van der Waals surface area (Å²) in [6.45, 7) is 9.94. The van der Waals surface area contributed by atoms with Gasteiger partial charge >= 0.3 is 0 Å². The largest absolute Gasteiger partial charge is 0.268 e. The van der Waals surface area contributed by atoms with E-state index in [9.17, 15) is 0 Å². The van der Waals surface area contributed by atoms with Crippen molar-refractivity contribution in [1.82, 2.24) is 19.6 Å². The van der Waals surface area contributed by atoms with Gasteiger partial charge in [-0.05, 0) is 39.8 Å². The van der Waals surface area contributed by atoms with Gasteiger partial charge in [0.15, 0.2) is 0 Å². The van der Waals surface area contributed by atoms with Crippen LogP contribution < -0.4 is 0 Å². The molecule has 86 valence electrons. The fraction of sp³-hybridized carbons (Fsp3) is 0.500. The first-order valence-electron chi connectivity index (χ1n) is 5.64. The monoisotopic (exact) mass is 218 g/mol. The molecule has 0 radical (unpaired) electrons. The van der Waals surface area contributed by atoms with E-state index in [0.29, 0.717) is 0 Å². The van der Waals surface area contributed by atoms with E-state index in [1.807, 2.05) is 23.2 Å². The van der Waals surface area contributed by atoms with Crippen molar-refractivity contribution >= 4 is 0 Å². The molecule has 0 amide bonds. The third kappa shape index (κ3) is 2.01. The van der Waals surface area contributed by atoms with Crippen molar-refractivity contribution in [2.45, 2.75) is 40.8 Å². The maximum Gasteiger partial charge on any atom is 0.0831 e. The fourth-order valence-corrected chi connectivity index (χ4v) is 1.99. The third-order valence-electron chi connectivity index (χ3n) is 2.70. The summed E-state index contributed by atoms with van der Waals surface area (Å²) in [5, 5.41) is 8.90. The summed E-state index contributed by atoms with van der Waals surface area (Å²) in [5.74, 6) is 0. The van der Waals surface area contributed by atoms with Crippen molar-refractivity contribution in [2.24, 2.45) is 0 Å². The standard InChI is InChI=1S/C12H18N4/c1-5-15-12(7-10(3)13-15)8-16-11(4)6-9(2)14-16/h6-7H,5,8H2,1-4H3. The van der Waals surface area contributed by atoms with Gasteiger partial charge in [-0.1, -0.05) is 0 Å². The molecule has 0 saturated carbocycles. The average molecular weight is 218 g/mol. The van der Waals surface area contributed by atoms with Crippen LogP contribution in [0.25, 0.3) is 0 Å². The predicted molar refractivity (Wildman–Crippen MR) is 63.4 cm³/mol. The van der Waals surface area contributed by atoms with E-state index in [2.05, 4.69) is 36.2 Å². The smallest absolute Gasteiger partial charge is 0.0831 e. The minimum atomic E-state index is 0.800. The molecule has 0 fully saturated rings.